The molecular weight excluding hydrogens is 583 g/mol. The Morgan fingerprint density at radius 2 is 1.93 bits per heavy atom. The molecule has 232 valence electrons. The molecule has 1 aromatic heterocycles. The van der Waals surface area contributed by atoms with Crippen LogP contribution in [0.4, 0.5) is 29.3 Å². The molecule has 0 unspecified atom stereocenters. The number of amides is 2. The molecule has 2 heterocycles. The summed E-state index contributed by atoms with van der Waals surface area (Å²) in [5.41, 5.74) is 2.16. The topological polar surface area (TPSA) is 157 Å². The van der Waals surface area contributed by atoms with Crippen LogP contribution in [-0.2, 0) is 21.4 Å². The van der Waals surface area contributed by atoms with E-state index >= 15 is 0 Å². The SMILES string of the molecule is CCOc1nn(CC)cc1S(=O)(=O)N1C[C@H](C[C@H](C(N)=O)C2CC2)Oc2ccc(N(C(=O)O)C(C)(C)C(F)(F)F)cc21. The van der Waals surface area contributed by atoms with E-state index in [-0.39, 0.29) is 52.6 Å². The van der Waals surface area contributed by atoms with E-state index < -0.39 is 51.4 Å². The van der Waals surface area contributed by atoms with Gasteiger partial charge < -0.3 is 20.3 Å². The molecule has 16 heteroatoms. The third-order valence-corrected chi connectivity index (χ3v) is 9.28. The largest absolute Gasteiger partial charge is 0.486 e. The molecule has 1 saturated carbocycles. The van der Waals surface area contributed by atoms with Crippen LogP contribution in [-0.4, -0.2) is 66.3 Å². The van der Waals surface area contributed by atoms with E-state index in [4.69, 9.17) is 15.2 Å². The van der Waals surface area contributed by atoms with Crippen molar-refractivity contribution in [3.05, 3.63) is 24.4 Å². The minimum Gasteiger partial charge on any atom is -0.486 e. The van der Waals surface area contributed by atoms with E-state index in [1.807, 2.05) is 0 Å². The number of aromatic nitrogens is 2. The minimum atomic E-state index is -4.96. The molecule has 1 aromatic carbocycles. The molecule has 2 amide bonds. The van der Waals surface area contributed by atoms with Gasteiger partial charge >= 0.3 is 12.3 Å². The van der Waals surface area contributed by atoms with Gasteiger partial charge in [-0.25, -0.2) is 13.2 Å². The van der Waals surface area contributed by atoms with Gasteiger partial charge in [0, 0.05) is 18.7 Å². The number of anilines is 2. The van der Waals surface area contributed by atoms with Crippen LogP contribution >= 0.6 is 0 Å². The van der Waals surface area contributed by atoms with E-state index in [2.05, 4.69) is 5.10 Å². The monoisotopic (exact) mass is 617 g/mol. The number of alkyl halides is 3. The van der Waals surface area contributed by atoms with Crippen LogP contribution in [0.5, 0.6) is 11.6 Å². The maximum atomic E-state index is 14.2. The average molecular weight is 618 g/mol. The van der Waals surface area contributed by atoms with Crippen LogP contribution < -0.4 is 24.4 Å². The van der Waals surface area contributed by atoms with Crippen molar-refractivity contribution in [3.63, 3.8) is 0 Å². The second-order valence-corrected chi connectivity index (χ2v) is 12.6. The van der Waals surface area contributed by atoms with E-state index in [9.17, 15) is 36.3 Å². The molecular formula is C26H34F3N5O7S. The van der Waals surface area contributed by atoms with Crippen LogP contribution in [0.1, 0.15) is 47.0 Å². The van der Waals surface area contributed by atoms with E-state index in [1.165, 1.54) is 16.9 Å². The third-order valence-electron chi connectivity index (χ3n) is 7.52. The van der Waals surface area contributed by atoms with Crippen LogP contribution in [0, 0.1) is 11.8 Å². The fourth-order valence-corrected chi connectivity index (χ4v) is 6.57. The highest BCUT2D eigenvalue weighted by Crippen LogP contribution is 2.46. The Morgan fingerprint density at radius 1 is 1.26 bits per heavy atom. The first kappa shape index (κ1) is 31.3. The van der Waals surface area contributed by atoms with Gasteiger partial charge in [0.2, 0.25) is 5.91 Å². The summed E-state index contributed by atoms with van der Waals surface area (Å²) in [5.74, 6) is -1.23. The van der Waals surface area contributed by atoms with Crippen molar-refractivity contribution in [2.24, 2.45) is 17.6 Å². The zero-order chi connectivity index (χ0) is 31.2. The first-order valence-electron chi connectivity index (χ1n) is 13.5. The number of ether oxygens (including phenoxy) is 2. The third kappa shape index (κ3) is 5.80. The summed E-state index contributed by atoms with van der Waals surface area (Å²) in [5, 5.41) is 14.0. The van der Waals surface area contributed by atoms with Crippen molar-refractivity contribution in [1.29, 1.82) is 0 Å². The van der Waals surface area contributed by atoms with Crippen LogP contribution in [0.25, 0.3) is 0 Å². The first-order chi connectivity index (χ1) is 19.5. The number of benzene rings is 1. The summed E-state index contributed by atoms with van der Waals surface area (Å²) < 4.78 is 84.0. The van der Waals surface area contributed by atoms with E-state index in [0.29, 0.717) is 20.4 Å². The number of hydrogen-bond acceptors (Lipinski definition) is 7. The molecule has 1 aliphatic carbocycles. The summed E-state index contributed by atoms with van der Waals surface area (Å²) in [6, 6.07) is 3.36. The highest BCUT2D eigenvalue weighted by Gasteiger charge is 2.54. The van der Waals surface area contributed by atoms with Gasteiger partial charge in [-0.1, -0.05) is 0 Å². The van der Waals surface area contributed by atoms with Crippen LogP contribution in [0.15, 0.2) is 29.3 Å². The quantitative estimate of drug-likeness (QED) is 0.383. The Kier molecular flexibility index (Phi) is 8.32. The molecule has 4 rings (SSSR count). The number of sulfonamides is 1. The van der Waals surface area contributed by atoms with Crippen molar-refractivity contribution >= 4 is 33.4 Å². The summed E-state index contributed by atoms with van der Waals surface area (Å²) in [7, 11) is -4.50. The molecule has 1 fully saturated rings. The van der Waals surface area contributed by atoms with Gasteiger partial charge in [-0.3, -0.25) is 18.7 Å². The summed E-state index contributed by atoms with van der Waals surface area (Å²) >= 11 is 0. The molecule has 12 nitrogen and oxygen atoms in total. The Labute approximate surface area is 241 Å². The standard InChI is InChI=1S/C26H34F3N5O7S/c1-5-32-14-21(23(31-32)40-6-2)42(38,39)33-13-17(12-18(22(30)35)15-7-8-15)41-20-10-9-16(11-19(20)33)34(24(36)37)25(3,4)26(27,28)29/h9-11,14-15,17-18H,5-8,12-13H2,1-4H3,(H2,30,35)(H,36,37)/t17-,18-/m0/s1. The Balaban J connectivity index is 1.86. The van der Waals surface area contributed by atoms with Gasteiger partial charge in [-0.15, -0.1) is 5.10 Å². The number of rotatable bonds is 11. The predicted molar refractivity (Wildman–Crippen MR) is 145 cm³/mol. The number of carbonyl (C=O) groups excluding carboxylic acids is 1. The van der Waals surface area contributed by atoms with Crippen molar-refractivity contribution in [1.82, 2.24) is 9.78 Å². The molecule has 3 N–H and O–H groups in total. The molecule has 42 heavy (non-hydrogen) atoms. The smallest absolute Gasteiger partial charge is 0.412 e. The molecule has 1 aliphatic heterocycles. The number of nitrogens with two attached hydrogens (primary N) is 1. The number of primary amides is 1. The van der Waals surface area contributed by atoms with Gasteiger partial charge in [-0.2, -0.15) is 13.2 Å². The van der Waals surface area contributed by atoms with Crippen molar-refractivity contribution in [2.45, 2.75) is 76.2 Å². The van der Waals surface area contributed by atoms with Gasteiger partial charge in [0.15, 0.2) is 4.90 Å². The summed E-state index contributed by atoms with van der Waals surface area (Å²) in [6.45, 7) is 4.91. The summed E-state index contributed by atoms with van der Waals surface area (Å²) in [6.07, 6.45) is -4.69. The molecule has 2 aromatic rings. The van der Waals surface area contributed by atoms with Gasteiger partial charge in [-0.05, 0) is 71.1 Å². The number of aryl methyl sites for hydroxylation is 1. The lowest BCUT2D eigenvalue weighted by Gasteiger charge is -2.40. The fourth-order valence-electron chi connectivity index (χ4n) is 4.99. The molecule has 0 bridgehead atoms. The number of halogens is 3. The molecule has 2 aliphatic rings. The lowest BCUT2D eigenvalue weighted by Crippen LogP contribution is -2.57. The second-order valence-electron chi connectivity index (χ2n) is 10.8. The maximum absolute atomic E-state index is 14.2. The number of carbonyl (C=O) groups is 2. The van der Waals surface area contributed by atoms with Gasteiger partial charge in [0.25, 0.3) is 15.9 Å². The molecule has 0 saturated heterocycles. The zero-order valence-corrected chi connectivity index (χ0v) is 24.4. The highest BCUT2D eigenvalue weighted by molar-refractivity contribution is 7.93. The average Bonchev–Trinajstić information content (AvgIpc) is 3.64. The number of fused-ring (bicyclic) bond motifs is 1. The summed E-state index contributed by atoms with van der Waals surface area (Å²) in [4.78, 5) is 24.1. The first-order valence-corrected chi connectivity index (χ1v) is 14.9. The van der Waals surface area contributed by atoms with Crippen molar-refractivity contribution < 1.29 is 45.8 Å². The van der Waals surface area contributed by atoms with Gasteiger partial charge in [0.1, 0.15) is 17.4 Å². The van der Waals surface area contributed by atoms with Gasteiger partial charge in [0.05, 0.1) is 24.5 Å². The highest BCUT2D eigenvalue weighted by atomic mass is 32.2. The van der Waals surface area contributed by atoms with Crippen LogP contribution in [0.2, 0.25) is 0 Å². The molecule has 2 atom stereocenters. The number of nitrogens with zero attached hydrogens (tertiary/aromatic N) is 4. The Morgan fingerprint density at radius 3 is 2.45 bits per heavy atom. The molecule has 0 spiro atoms. The lowest BCUT2D eigenvalue weighted by molar-refractivity contribution is -0.175. The van der Waals surface area contributed by atoms with E-state index in [0.717, 1.165) is 29.3 Å². The fraction of sp³-hybridized carbons (Fsp3) is 0.577. The number of carboxylic acid groups (broad SMARTS) is 1. The lowest BCUT2D eigenvalue weighted by atomic mass is 9.95. The maximum Gasteiger partial charge on any atom is 0.412 e. The predicted octanol–water partition coefficient (Wildman–Crippen LogP) is 3.98. The van der Waals surface area contributed by atoms with Crippen molar-refractivity contribution in [2.75, 3.05) is 22.4 Å². The molecule has 0 radical (unpaired) electrons. The zero-order valence-electron chi connectivity index (χ0n) is 23.6. The Bertz CT molecular complexity index is 1460. The van der Waals surface area contributed by atoms with Crippen LogP contribution in [0.3, 0.4) is 0 Å². The normalized spacial score (nSPS) is 18.2. The minimum absolute atomic E-state index is 0.0198. The Hall–Kier alpha value is -3.69. The second kappa shape index (κ2) is 11.2. The van der Waals surface area contributed by atoms with E-state index in [1.54, 1.807) is 13.8 Å². The number of hydrogen-bond donors (Lipinski definition) is 2. The van der Waals surface area contributed by atoms with Crippen molar-refractivity contribution in [3.8, 4) is 11.6 Å².